The molecule has 246 valence electrons. The van der Waals surface area contributed by atoms with Crippen LogP contribution in [0, 0.1) is 0 Å². The Balaban J connectivity index is 1.23. The molecule has 0 saturated carbocycles. The van der Waals surface area contributed by atoms with Crippen LogP contribution < -0.4 is 0 Å². The lowest BCUT2D eigenvalue weighted by Gasteiger charge is -2.30. The van der Waals surface area contributed by atoms with E-state index in [0.29, 0.717) is 0 Å². The molecular formula is C51H32N2. The minimum Gasteiger partial charge on any atom is -0.307 e. The summed E-state index contributed by atoms with van der Waals surface area (Å²) in [5.41, 5.74) is 18.6. The third-order valence-electron chi connectivity index (χ3n) is 11.9. The van der Waals surface area contributed by atoms with Crippen molar-refractivity contribution in [2.45, 2.75) is 5.41 Å². The first-order valence-electron chi connectivity index (χ1n) is 18.4. The van der Waals surface area contributed by atoms with E-state index in [-0.39, 0.29) is 0 Å². The Bertz CT molecular complexity index is 3040. The summed E-state index contributed by atoms with van der Waals surface area (Å²) in [6, 6.07) is 71.9. The van der Waals surface area contributed by atoms with E-state index in [1.807, 2.05) is 0 Å². The van der Waals surface area contributed by atoms with Gasteiger partial charge in [0.25, 0.3) is 0 Å². The van der Waals surface area contributed by atoms with Crippen LogP contribution >= 0.6 is 0 Å². The number of hydrogen-bond acceptors (Lipinski definition) is 0. The van der Waals surface area contributed by atoms with Crippen molar-refractivity contribution in [2.75, 3.05) is 0 Å². The molecule has 0 atom stereocenters. The molecule has 0 unspecified atom stereocenters. The van der Waals surface area contributed by atoms with Gasteiger partial charge in [0.15, 0.2) is 0 Å². The Morgan fingerprint density at radius 3 is 1.58 bits per heavy atom. The van der Waals surface area contributed by atoms with Gasteiger partial charge in [-0.3, -0.25) is 0 Å². The summed E-state index contributed by atoms with van der Waals surface area (Å²) in [5.74, 6) is 0. The lowest BCUT2D eigenvalue weighted by atomic mass is 9.70. The zero-order valence-corrected chi connectivity index (χ0v) is 28.9. The Morgan fingerprint density at radius 1 is 0.340 bits per heavy atom. The molecule has 0 radical (unpaired) electrons. The largest absolute Gasteiger partial charge is 0.307 e. The van der Waals surface area contributed by atoms with Crippen LogP contribution in [0.15, 0.2) is 194 Å². The smallest absolute Gasteiger partial charge is 0.0788 e. The van der Waals surface area contributed by atoms with Crippen LogP contribution in [0.2, 0.25) is 0 Å². The quantitative estimate of drug-likeness (QED) is 0.177. The summed E-state index contributed by atoms with van der Waals surface area (Å²) < 4.78 is 5.00. The van der Waals surface area contributed by atoms with E-state index in [1.165, 1.54) is 94.2 Å². The molecule has 0 saturated heterocycles. The summed E-state index contributed by atoms with van der Waals surface area (Å²) in [6.07, 6.45) is 0. The van der Waals surface area contributed by atoms with Gasteiger partial charge in [0, 0.05) is 27.5 Å². The first kappa shape index (κ1) is 28.8. The number of aromatic nitrogens is 2. The molecule has 0 N–H and O–H groups in total. The predicted octanol–water partition coefficient (Wildman–Crippen LogP) is 12.7. The molecule has 2 heteroatoms. The minimum absolute atomic E-state index is 0.409. The fraction of sp³-hybridized carbons (Fsp3) is 0.0196. The number of para-hydroxylation sites is 2. The molecule has 0 bridgehead atoms. The van der Waals surface area contributed by atoms with Crippen LogP contribution in [0.25, 0.3) is 77.6 Å². The molecule has 2 aromatic heterocycles. The first-order valence-corrected chi connectivity index (χ1v) is 18.4. The average molecular weight is 673 g/mol. The Kier molecular flexibility index (Phi) is 5.73. The van der Waals surface area contributed by atoms with Gasteiger partial charge in [0.1, 0.15) is 0 Å². The number of hydrogen-bond donors (Lipinski definition) is 0. The van der Waals surface area contributed by atoms with Gasteiger partial charge in [-0.2, -0.15) is 0 Å². The lowest BCUT2D eigenvalue weighted by Crippen LogP contribution is -2.26. The maximum atomic E-state index is 2.53. The van der Waals surface area contributed by atoms with Crippen molar-refractivity contribution in [1.29, 1.82) is 0 Å². The lowest BCUT2D eigenvalue weighted by molar-refractivity contribution is 0.792. The molecule has 0 fully saturated rings. The van der Waals surface area contributed by atoms with Crippen molar-refractivity contribution >= 4 is 32.7 Å². The molecule has 2 heterocycles. The number of fused-ring (bicyclic) bond motifs is 15. The number of benzene rings is 8. The van der Waals surface area contributed by atoms with Gasteiger partial charge in [-0.05, 0) is 86.5 Å². The zero-order valence-electron chi connectivity index (χ0n) is 28.9. The predicted molar refractivity (Wildman–Crippen MR) is 219 cm³/mol. The topological polar surface area (TPSA) is 9.86 Å². The van der Waals surface area contributed by atoms with Crippen LogP contribution in [0.1, 0.15) is 22.3 Å². The SMILES string of the molecule is c1ccc(-c2cc3ccc4c5ccccc5n(-c5ccc6c(c5)C5(c7ccccc7-c7ccccc75)c5ccccc5-6)c4c3n2-c2ccccc2)cc1. The minimum atomic E-state index is -0.409. The summed E-state index contributed by atoms with van der Waals surface area (Å²) in [4.78, 5) is 0. The molecule has 53 heavy (non-hydrogen) atoms. The van der Waals surface area contributed by atoms with E-state index in [9.17, 15) is 0 Å². The maximum absolute atomic E-state index is 2.53. The van der Waals surface area contributed by atoms with E-state index in [4.69, 9.17) is 0 Å². The number of nitrogens with zero attached hydrogens (tertiary/aromatic N) is 2. The molecule has 1 spiro atoms. The van der Waals surface area contributed by atoms with Gasteiger partial charge in [-0.25, -0.2) is 0 Å². The molecule has 10 aromatic rings. The van der Waals surface area contributed by atoms with Gasteiger partial charge in [0.05, 0.1) is 27.7 Å². The third kappa shape index (κ3) is 3.67. The van der Waals surface area contributed by atoms with Crippen molar-refractivity contribution in [3.05, 3.63) is 216 Å². The van der Waals surface area contributed by atoms with Crippen LogP contribution in [0.4, 0.5) is 0 Å². The van der Waals surface area contributed by atoms with Crippen molar-refractivity contribution in [3.8, 4) is 44.9 Å². The van der Waals surface area contributed by atoms with Crippen molar-refractivity contribution in [2.24, 2.45) is 0 Å². The van der Waals surface area contributed by atoms with Crippen molar-refractivity contribution in [3.63, 3.8) is 0 Å². The van der Waals surface area contributed by atoms with Gasteiger partial charge in [-0.15, -0.1) is 0 Å². The molecular weight excluding hydrogens is 641 g/mol. The second kappa shape index (κ2) is 10.6. The Morgan fingerprint density at radius 2 is 0.906 bits per heavy atom. The van der Waals surface area contributed by atoms with Crippen LogP contribution in [0.3, 0.4) is 0 Å². The molecule has 0 amide bonds. The highest BCUT2D eigenvalue weighted by atomic mass is 15.0. The Hall–Kier alpha value is -6.90. The molecule has 2 aliphatic carbocycles. The fourth-order valence-electron chi connectivity index (χ4n) is 9.90. The molecule has 12 rings (SSSR count). The highest BCUT2D eigenvalue weighted by Gasteiger charge is 2.51. The summed E-state index contributed by atoms with van der Waals surface area (Å²) >= 11 is 0. The zero-order chi connectivity index (χ0) is 34.7. The van der Waals surface area contributed by atoms with Crippen LogP contribution in [0.5, 0.6) is 0 Å². The molecule has 8 aromatic carbocycles. The van der Waals surface area contributed by atoms with Gasteiger partial charge < -0.3 is 9.13 Å². The summed E-state index contributed by atoms with van der Waals surface area (Å²) in [7, 11) is 0. The highest BCUT2D eigenvalue weighted by Crippen LogP contribution is 2.63. The van der Waals surface area contributed by atoms with E-state index in [2.05, 4.69) is 203 Å². The second-order valence-corrected chi connectivity index (χ2v) is 14.4. The van der Waals surface area contributed by atoms with Gasteiger partial charge >= 0.3 is 0 Å². The van der Waals surface area contributed by atoms with E-state index in [1.54, 1.807) is 0 Å². The second-order valence-electron chi connectivity index (χ2n) is 14.4. The van der Waals surface area contributed by atoms with E-state index >= 15 is 0 Å². The average Bonchev–Trinajstić information content (AvgIpc) is 3.95. The van der Waals surface area contributed by atoms with Crippen molar-refractivity contribution < 1.29 is 0 Å². The van der Waals surface area contributed by atoms with Gasteiger partial charge in [0.2, 0.25) is 0 Å². The number of rotatable bonds is 3. The first-order chi connectivity index (χ1) is 26.3. The van der Waals surface area contributed by atoms with Crippen molar-refractivity contribution in [1.82, 2.24) is 9.13 Å². The normalized spacial score (nSPS) is 13.4. The monoisotopic (exact) mass is 672 g/mol. The van der Waals surface area contributed by atoms with Crippen LogP contribution in [-0.4, -0.2) is 9.13 Å². The summed E-state index contributed by atoms with van der Waals surface area (Å²) in [6.45, 7) is 0. The van der Waals surface area contributed by atoms with Gasteiger partial charge in [-0.1, -0.05) is 158 Å². The maximum Gasteiger partial charge on any atom is 0.0788 e. The van der Waals surface area contributed by atoms with E-state index in [0.717, 1.165) is 5.69 Å². The van der Waals surface area contributed by atoms with Crippen LogP contribution in [-0.2, 0) is 5.41 Å². The Labute approximate surface area is 307 Å². The standard InChI is InChI=1S/C51H32N2/c1-3-15-33(16-4-1)48-31-34-27-29-42-41-22-10-14-26-47(41)53(50(42)49(34)52(48)35-17-5-2-6-18-35)36-28-30-40-39-21-9-13-25-45(39)51(46(40)32-36)43-23-11-7-19-37(43)38-20-8-12-24-44(38)51/h1-32H. The highest BCUT2D eigenvalue weighted by molar-refractivity contribution is 6.19. The molecule has 0 aliphatic heterocycles. The van der Waals surface area contributed by atoms with E-state index < -0.39 is 5.41 Å². The fourth-order valence-corrected chi connectivity index (χ4v) is 9.90. The molecule has 2 aliphatic rings. The summed E-state index contributed by atoms with van der Waals surface area (Å²) in [5, 5.41) is 3.72. The molecule has 2 nitrogen and oxygen atoms in total. The third-order valence-corrected chi connectivity index (χ3v) is 11.9.